The summed E-state index contributed by atoms with van der Waals surface area (Å²) in [7, 11) is 0. The van der Waals surface area contributed by atoms with Crippen LogP contribution in [0.1, 0.15) is 35.2 Å². The van der Waals surface area contributed by atoms with E-state index in [0.29, 0.717) is 24.7 Å². The molecule has 0 spiro atoms. The lowest BCUT2D eigenvalue weighted by Crippen LogP contribution is -2.10. The summed E-state index contributed by atoms with van der Waals surface area (Å²) in [5.74, 6) is -2.92. The summed E-state index contributed by atoms with van der Waals surface area (Å²) in [6.07, 6.45) is 8.26. The number of hydrogen-bond acceptors (Lipinski definition) is 4. The number of ether oxygens (including phenoxy) is 2. The van der Waals surface area contributed by atoms with Gasteiger partial charge in [-0.2, -0.15) is 0 Å². The Hall–Kier alpha value is -4.63. The van der Waals surface area contributed by atoms with E-state index >= 15 is 0 Å². The quantitative estimate of drug-likeness (QED) is 0.0870. The average molecular weight is 610 g/mol. The second kappa shape index (κ2) is 14.5. The fourth-order valence-corrected chi connectivity index (χ4v) is 4.91. The molecule has 0 saturated heterocycles. The van der Waals surface area contributed by atoms with Gasteiger partial charge in [0, 0.05) is 29.6 Å². The van der Waals surface area contributed by atoms with Crippen LogP contribution in [-0.4, -0.2) is 39.9 Å². The highest BCUT2D eigenvalue weighted by molar-refractivity contribution is 6.32. The molecular formula is C33H30ClF2NO6. The summed E-state index contributed by atoms with van der Waals surface area (Å²) in [5.41, 5.74) is 4.33. The van der Waals surface area contributed by atoms with E-state index in [1.165, 1.54) is 0 Å². The van der Waals surface area contributed by atoms with Crippen molar-refractivity contribution in [3.8, 4) is 11.5 Å². The van der Waals surface area contributed by atoms with Crippen LogP contribution in [0.25, 0.3) is 23.1 Å². The van der Waals surface area contributed by atoms with Gasteiger partial charge in [-0.05, 0) is 60.7 Å². The number of halogens is 3. The second-order valence-electron chi connectivity index (χ2n) is 9.73. The molecular weight excluding hydrogens is 580 g/mol. The number of rotatable bonds is 14. The molecule has 0 atom stereocenters. The first-order valence-corrected chi connectivity index (χ1v) is 13.9. The first-order chi connectivity index (χ1) is 20.6. The number of aryl methyl sites for hydroxylation is 1. The number of para-hydroxylation sites is 1. The van der Waals surface area contributed by atoms with E-state index in [4.69, 9.17) is 26.2 Å². The lowest BCUT2D eigenvalue weighted by Gasteiger charge is -2.08. The zero-order valence-corrected chi connectivity index (χ0v) is 24.1. The van der Waals surface area contributed by atoms with Crippen LogP contribution in [0.3, 0.4) is 0 Å². The number of benzene rings is 3. The van der Waals surface area contributed by atoms with Crippen molar-refractivity contribution in [1.29, 1.82) is 0 Å². The van der Waals surface area contributed by atoms with E-state index in [2.05, 4.69) is 0 Å². The van der Waals surface area contributed by atoms with E-state index in [1.807, 2.05) is 61.5 Å². The Balaban J connectivity index is 1.40. The van der Waals surface area contributed by atoms with E-state index < -0.39 is 23.6 Å². The first-order valence-electron chi connectivity index (χ1n) is 13.5. The van der Waals surface area contributed by atoms with Crippen molar-refractivity contribution in [3.63, 3.8) is 0 Å². The van der Waals surface area contributed by atoms with Crippen LogP contribution in [0, 0.1) is 18.6 Å². The molecule has 0 saturated carbocycles. The average Bonchev–Trinajstić information content (AvgIpc) is 3.22. The minimum atomic E-state index is -0.958. The maximum atomic E-state index is 13.5. The van der Waals surface area contributed by atoms with Crippen molar-refractivity contribution in [2.24, 2.45) is 0 Å². The third-order valence-electron chi connectivity index (χ3n) is 6.76. The summed E-state index contributed by atoms with van der Waals surface area (Å²) in [5, 5.41) is 19.2. The normalized spacial score (nSPS) is 11.5. The summed E-state index contributed by atoms with van der Waals surface area (Å²) in [6, 6.07) is 14.9. The van der Waals surface area contributed by atoms with E-state index in [0.717, 1.165) is 39.4 Å². The van der Waals surface area contributed by atoms with Gasteiger partial charge in [-0.15, -0.1) is 0 Å². The third-order valence-corrected chi connectivity index (χ3v) is 7.12. The van der Waals surface area contributed by atoms with Crippen molar-refractivity contribution in [2.45, 2.75) is 32.7 Å². The van der Waals surface area contributed by atoms with Crippen LogP contribution < -0.4 is 9.47 Å². The predicted octanol–water partition coefficient (Wildman–Crippen LogP) is 7.56. The van der Waals surface area contributed by atoms with Crippen LogP contribution in [-0.2, 0) is 22.6 Å². The van der Waals surface area contributed by atoms with Gasteiger partial charge in [-0.1, -0.05) is 54.1 Å². The molecule has 7 nitrogen and oxygen atoms in total. The molecule has 3 aromatic carbocycles. The van der Waals surface area contributed by atoms with Gasteiger partial charge in [-0.25, -0.2) is 8.78 Å². The van der Waals surface area contributed by atoms with Crippen LogP contribution in [0.5, 0.6) is 11.5 Å². The molecule has 2 N–H and O–H groups in total. The molecule has 224 valence electrons. The number of carboxylic acid groups (broad SMARTS) is 2. The highest BCUT2D eigenvalue weighted by Gasteiger charge is 2.18. The fourth-order valence-electron chi connectivity index (χ4n) is 4.75. The second-order valence-corrected chi connectivity index (χ2v) is 10.1. The molecule has 4 rings (SSSR count). The molecule has 0 fully saturated rings. The summed E-state index contributed by atoms with van der Waals surface area (Å²) < 4.78 is 39.6. The Morgan fingerprint density at radius 1 is 0.953 bits per heavy atom. The summed E-state index contributed by atoms with van der Waals surface area (Å²) in [6.45, 7) is 1.98. The maximum absolute atomic E-state index is 13.5. The maximum Gasteiger partial charge on any atom is 0.323 e. The number of hydrogen-bond donors (Lipinski definition) is 2. The molecule has 0 unspecified atom stereocenters. The van der Waals surface area contributed by atoms with Gasteiger partial charge < -0.3 is 24.3 Å². The Morgan fingerprint density at radius 2 is 1.67 bits per heavy atom. The van der Waals surface area contributed by atoms with Crippen LogP contribution >= 0.6 is 11.6 Å². The lowest BCUT2D eigenvalue weighted by molar-refractivity contribution is -0.138. The molecule has 10 heteroatoms. The monoisotopic (exact) mass is 609 g/mol. The van der Waals surface area contributed by atoms with Gasteiger partial charge in [0.2, 0.25) is 0 Å². The van der Waals surface area contributed by atoms with Crippen molar-refractivity contribution in [3.05, 3.63) is 106 Å². The Morgan fingerprint density at radius 3 is 2.37 bits per heavy atom. The van der Waals surface area contributed by atoms with E-state index in [1.54, 1.807) is 16.7 Å². The number of carbonyl (C=O) groups is 2. The highest BCUT2D eigenvalue weighted by Crippen LogP contribution is 2.31. The fraction of sp³-hybridized carbons (Fsp3) is 0.212. The molecule has 0 aliphatic carbocycles. The molecule has 0 bridgehead atoms. The lowest BCUT2D eigenvalue weighted by atomic mass is 10.0. The Labute approximate surface area is 252 Å². The van der Waals surface area contributed by atoms with Gasteiger partial charge in [-0.3, -0.25) is 9.59 Å². The number of aliphatic carboxylic acids is 2. The minimum absolute atomic E-state index is 0.0449. The molecule has 43 heavy (non-hydrogen) atoms. The first kappa shape index (κ1) is 31.3. The van der Waals surface area contributed by atoms with E-state index in [9.17, 15) is 23.5 Å². The van der Waals surface area contributed by atoms with Crippen molar-refractivity contribution in [2.75, 3.05) is 13.2 Å². The van der Waals surface area contributed by atoms with Crippen molar-refractivity contribution < 1.29 is 38.1 Å². The third kappa shape index (κ3) is 8.23. The van der Waals surface area contributed by atoms with Crippen molar-refractivity contribution >= 4 is 46.6 Å². The van der Waals surface area contributed by atoms with Gasteiger partial charge in [0.1, 0.15) is 47.9 Å². The van der Waals surface area contributed by atoms with Gasteiger partial charge in [0.25, 0.3) is 0 Å². The molecule has 0 amide bonds. The minimum Gasteiger partial charge on any atom is -0.490 e. The Kier molecular flexibility index (Phi) is 10.6. The molecule has 0 aliphatic rings. The molecule has 0 radical (unpaired) electrons. The zero-order valence-electron chi connectivity index (χ0n) is 23.4. The number of carboxylic acids is 2. The predicted molar refractivity (Wildman–Crippen MR) is 162 cm³/mol. The largest absolute Gasteiger partial charge is 0.490 e. The number of aromatic nitrogens is 1. The Bertz CT molecular complexity index is 1680. The molecule has 4 aromatic rings. The molecule has 1 aromatic heterocycles. The zero-order chi connectivity index (χ0) is 30.9. The number of fused-ring (bicyclic) bond motifs is 1. The molecule has 1 heterocycles. The van der Waals surface area contributed by atoms with Gasteiger partial charge in [0.05, 0.1) is 5.52 Å². The smallest absolute Gasteiger partial charge is 0.323 e. The highest BCUT2D eigenvalue weighted by atomic mass is 35.5. The van der Waals surface area contributed by atoms with Crippen LogP contribution in [0.15, 0.2) is 66.7 Å². The van der Waals surface area contributed by atoms with Gasteiger partial charge in [0.15, 0.2) is 0 Å². The summed E-state index contributed by atoms with van der Waals surface area (Å²) in [4.78, 5) is 22.7. The molecule has 0 aliphatic heterocycles. The van der Waals surface area contributed by atoms with Crippen molar-refractivity contribution in [1.82, 2.24) is 4.57 Å². The van der Waals surface area contributed by atoms with Crippen LogP contribution in [0.4, 0.5) is 8.78 Å². The number of nitrogens with zero attached hydrogens (tertiary/aromatic N) is 1. The van der Waals surface area contributed by atoms with Crippen LogP contribution in [0.2, 0.25) is 5.02 Å². The SMILES string of the molecule is Cc1c(CCCC(=O)O)c2cccc(/C=C/c3ccc(OC/C=C/COc4cc(F)cc(F)c4Cl)cc3)c2n1CC(=O)O. The topological polar surface area (TPSA) is 98.0 Å². The van der Waals surface area contributed by atoms with Gasteiger partial charge >= 0.3 is 11.9 Å². The summed E-state index contributed by atoms with van der Waals surface area (Å²) >= 11 is 5.78. The van der Waals surface area contributed by atoms with E-state index in [-0.39, 0.29) is 37.0 Å². The standard InChI is InChI=1S/C33H30ClF2NO6/c1-21-26(7-5-9-30(38)39)27-8-4-6-23(33(27)37(21)20-31(40)41)13-10-22-11-14-25(15-12-22)42-16-2-3-17-43-29-19-24(35)18-28(36)32(29)34/h2-4,6,8,10-15,18-19H,5,7,9,16-17,20H2,1H3,(H,38,39)(H,40,41)/b3-2+,13-10+.